The van der Waals surface area contributed by atoms with Crippen LogP contribution in [0.2, 0.25) is 0 Å². The van der Waals surface area contributed by atoms with E-state index < -0.39 is 0 Å². The van der Waals surface area contributed by atoms with Gasteiger partial charge in [-0.15, -0.1) is 0 Å². The fourth-order valence-corrected chi connectivity index (χ4v) is 3.86. The molecule has 2 aliphatic rings. The van der Waals surface area contributed by atoms with Crippen LogP contribution >= 0.6 is 0 Å². The van der Waals surface area contributed by atoms with Gasteiger partial charge in [-0.05, 0) is 25.7 Å². The second-order valence-electron chi connectivity index (χ2n) is 6.56. The zero-order chi connectivity index (χ0) is 14.4. The molecule has 2 atom stereocenters. The van der Waals surface area contributed by atoms with Crippen LogP contribution in [-0.2, 0) is 4.79 Å². The second-order valence-corrected chi connectivity index (χ2v) is 6.56. The van der Waals surface area contributed by atoms with Crippen LogP contribution in [0, 0.1) is 0 Å². The predicted molar refractivity (Wildman–Crippen MR) is 83.5 cm³/mol. The summed E-state index contributed by atoms with van der Waals surface area (Å²) in [5.41, 5.74) is 0. The number of nitrogens with one attached hydrogen (secondary N) is 1. The highest BCUT2D eigenvalue weighted by Crippen LogP contribution is 2.28. The van der Waals surface area contributed by atoms with E-state index in [9.17, 15) is 4.79 Å². The minimum Gasteiger partial charge on any atom is -0.323 e. The Morgan fingerprint density at radius 2 is 1.60 bits per heavy atom. The standard InChI is InChI=1S/C17H32N2O/c1-3-10-15-17(20)19(16(18-15)11-4-2)14-12-8-6-5-7-9-13-14/h14-16,18H,3-13H2,1-2H3. The van der Waals surface area contributed by atoms with Crippen LogP contribution in [0.15, 0.2) is 0 Å². The molecule has 1 heterocycles. The molecule has 3 heteroatoms. The Morgan fingerprint density at radius 1 is 1.00 bits per heavy atom. The Bertz CT molecular complexity index is 297. The third-order valence-corrected chi connectivity index (χ3v) is 4.89. The van der Waals surface area contributed by atoms with Gasteiger partial charge in [0.1, 0.15) is 0 Å². The van der Waals surface area contributed by atoms with E-state index in [0.29, 0.717) is 18.1 Å². The summed E-state index contributed by atoms with van der Waals surface area (Å²) in [5, 5.41) is 3.60. The van der Waals surface area contributed by atoms with Crippen molar-refractivity contribution in [1.29, 1.82) is 0 Å². The number of hydrogen-bond donors (Lipinski definition) is 1. The molecule has 0 aromatic heterocycles. The molecule has 0 aromatic carbocycles. The number of rotatable bonds is 5. The summed E-state index contributed by atoms with van der Waals surface area (Å²) in [6, 6.07) is 0.579. The van der Waals surface area contributed by atoms with Gasteiger partial charge >= 0.3 is 0 Å². The van der Waals surface area contributed by atoms with Gasteiger partial charge in [0.15, 0.2) is 0 Å². The van der Waals surface area contributed by atoms with Crippen molar-refractivity contribution in [2.24, 2.45) is 0 Å². The van der Waals surface area contributed by atoms with E-state index in [1.54, 1.807) is 0 Å². The summed E-state index contributed by atoms with van der Waals surface area (Å²) >= 11 is 0. The quantitative estimate of drug-likeness (QED) is 0.830. The van der Waals surface area contributed by atoms with Crippen LogP contribution in [0.4, 0.5) is 0 Å². The van der Waals surface area contributed by atoms with Crippen molar-refractivity contribution in [2.45, 2.75) is 103 Å². The molecule has 2 unspecified atom stereocenters. The van der Waals surface area contributed by atoms with Gasteiger partial charge < -0.3 is 4.90 Å². The van der Waals surface area contributed by atoms with E-state index in [-0.39, 0.29) is 6.04 Å². The molecule has 1 saturated heterocycles. The van der Waals surface area contributed by atoms with Gasteiger partial charge in [-0.1, -0.05) is 58.8 Å². The summed E-state index contributed by atoms with van der Waals surface area (Å²) in [4.78, 5) is 15.0. The van der Waals surface area contributed by atoms with Crippen molar-refractivity contribution in [2.75, 3.05) is 0 Å². The second kappa shape index (κ2) is 8.02. The van der Waals surface area contributed by atoms with Gasteiger partial charge in [-0.2, -0.15) is 0 Å². The molecule has 1 aliphatic carbocycles. The Kier molecular flexibility index (Phi) is 6.34. The van der Waals surface area contributed by atoms with Crippen LogP contribution < -0.4 is 5.32 Å². The molecule has 2 rings (SSSR count). The van der Waals surface area contributed by atoms with Crippen LogP contribution in [0.25, 0.3) is 0 Å². The lowest BCUT2D eigenvalue weighted by molar-refractivity contribution is -0.133. The molecule has 20 heavy (non-hydrogen) atoms. The van der Waals surface area contributed by atoms with Crippen LogP contribution in [-0.4, -0.2) is 29.1 Å². The highest BCUT2D eigenvalue weighted by molar-refractivity contribution is 5.84. The molecule has 2 fully saturated rings. The first-order valence-electron chi connectivity index (χ1n) is 8.86. The first-order valence-corrected chi connectivity index (χ1v) is 8.86. The Balaban J connectivity index is 2.05. The largest absolute Gasteiger partial charge is 0.323 e. The molecule has 116 valence electrons. The summed E-state index contributed by atoms with van der Waals surface area (Å²) in [7, 11) is 0. The Hall–Kier alpha value is -0.570. The molecule has 3 nitrogen and oxygen atoms in total. The maximum absolute atomic E-state index is 12.7. The maximum Gasteiger partial charge on any atom is 0.241 e. The molecular weight excluding hydrogens is 248 g/mol. The summed E-state index contributed by atoms with van der Waals surface area (Å²) < 4.78 is 0. The van der Waals surface area contributed by atoms with E-state index >= 15 is 0 Å². The molecule has 0 aromatic rings. The molecule has 1 aliphatic heterocycles. The fraction of sp³-hybridized carbons (Fsp3) is 0.941. The number of nitrogens with zero attached hydrogens (tertiary/aromatic N) is 1. The SMILES string of the molecule is CCCC1NC(CCC)N(C2CCCCCCC2)C1=O. The normalized spacial score (nSPS) is 29.5. The molecule has 0 spiro atoms. The van der Waals surface area contributed by atoms with Gasteiger partial charge in [0.25, 0.3) is 0 Å². The summed E-state index contributed by atoms with van der Waals surface area (Å²) in [6.07, 6.45) is 13.7. The van der Waals surface area contributed by atoms with Crippen molar-refractivity contribution in [3.05, 3.63) is 0 Å². The Labute approximate surface area is 124 Å². The smallest absolute Gasteiger partial charge is 0.241 e. The lowest BCUT2D eigenvalue weighted by Gasteiger charge is -2.34. The van der Waals surface area contributed by atoms with Gasteiger partial charge in [0.2, 0.25) is 5.91 Å². The van der Waals surface area contributed by atoms with Crippen molar-refractivity contribution in [3.63, 3.8) is 0 Å². The average Bonchev–Trinajstić information content (AvgIpc) is 2.68. The molecule has 1 N–H and O–H groups in total. The Morgan fingerprint density at radius 3 is 2.20 bits per heavy atom. The zero-order valence-electron chi connectivity index (χ0n) is 13.4. The molecule has 0 radical (unpaired) electrons. The minimum absolute atomic E-state index is 0.0852. The fourth-order valence-electron chi connectivity index (χ4n) is 3.86. The van der Waals surface area contributed by atoms with Gasteiger partial charge in [-0.25, -0.2) is 0 Å². The van der Waals surface area contributed by atoms with Crippen LogP contribution in [0.1, 0.15) is 84.5 Å². The molecule has 1 saturated carbocycles. The van der Waals surface area contributed by atoms with Crippen molar-refractivity contribution >= 4 is 5.91 Å². The maximum atomic E-state index is 12.7. The number of carbonyl (C=O) groups excluding carboxylic acids is 1. The lowest BCUT2D eigenvalue weighted by Crippen LogP contribution is -2.44. The van der Waals surface area contributed by atoms with Gasteiger partial charge in [0.05, 0.1) is 12.2 Å². The van der Waals surface area contributed by atoms with E-state index in [0.717, 1.165) is 25.7 Å². The topological polar surface area (TPSA) is 32.3 Å². The average molecular weight is 280 g/mol. The number of carbonyl (C=O) groups is 1. The minimum atomic E-state index is 0.0852. The summed E-state index contributed by atoms with van der Waals surface area (Å²) in [5.74, 6) is 0.385. The van der Waals surface area contributed by atoms with Crippen molar-refractivity contribution in [3.8, 4) is 0 Å². The van der Waals surface area contributed by atoms with Crippen molar-refractivity contribution in [1.82, 2.24) is 10.2 Å². The van der Waals surface area contributed by atoms with E-state index in [4.69, 9.17) is 0 Å². The molecule has 0 bridgehead atoms. The molecule has 1 amide bonds. The van der Waals surface area contributed by atoms with E-state index in [1.165, 1.54) is 44.9 Å². The van der Waals surface area contributed by atoms with Gasteiger partial charge in [0, 0.05) is 6.04 Å². The molecular formula is C17H32N2O. The van der Waals surface area contributed by atoms with Crippen LogP contribution in [0.5, 0.6) is 0 Å². The predicted octanol–water partition coefficient (Wildman–Crippen LogP) is 3.83. The van der Waals surface area contributed by atoms with Crippen LogP contribution in [0.3, 0.4) is 0 Å². The highest BCUT2D eigenvalue weighted by Gasteiger charge is 2.40. The first kappa shape index (κ1) is 15.8. The third-order valence-electron chi connectivity index (χ3n) is 4.89. The summed E-state index contributed by atoms with van der Waals surface area (Å²) in [6.45, 7) is 4.39. The zero-order valence-corrected chi connectivity index (χ0v) is 13.4. The monoisotopic (exact) mass is 280 g/mol. The number of hydrogen-bond acceptors (Lipinski definition) is 2. The van der Waals surface area contributed by atoms with E-state index in [2.05, 4.69) is 24.1 Å². The number of amides is 1. The third kappa shape index (κ3) is 3.75. The van der Waals surface area contributed by atoms with Crippen molar-refractivity contribution < 1.29 is 4.79 Å². The highest BCUT2D eigenvalue weighted by atomic mass is 16.2. The first-order chi connectivity index (χ1) is 9.77. The van der Waals surface area contributed by atoms with Gasteiger partial charge in [-0.3, -0.25) is 10.1 Å². The lowest BCUT2D eigenvalue weighted by atomic mass is 9.95. The van der Waals surface area contributed by atoms with E-state index in [1.807, 2.05) is 0 Å².